The van der Waals surface area contributed by atoms with Crippen molar-refractivity contribution in [3.8, 4) is 5.75 Å². The van der Waals surface area contributed by atoms with Crippen LogP contribution in [0, 0.1) is 0 Å². The van der Waals surface area contributed by atoms with Crippen LogP contribution in [0.3, 0.4) is 0 Å². The van der Waals surface area contributed by atoms with Crippen molar-refractivity contribution in [1.82, 2.24) is 19.4 Å². The summed E-state index contributed by atoms with van der Waals surface area (Å²) in [6, 6.07) is 15.6. The number of nitrogens with zero attached hydrogens (tertiary/aromatic N) is 5. The topological polar surface area (TPSA) is 106 Å². The van der Waals surface area contributed by atoms with Crippen molar-refractivity contribution in [2.24, 2.45) is 0 Å². The summed E-state index contributed by atoms with van der Waals surface area (Å²) < 4.78 is 5.05. The first-order valence-electron chi connectivity index (χ1n) is 9.73. The Hall–Kier alpha value is -3.85. The number of benzene rings is 2. The molecule has 1 aliphatic heterocycles. The van der Waals surface area contributed by atoms with Gasteiger partial charge in [-0.05, 0) is 23.3 Å². The molecule has 3 aromatic rings. The molecule has 0 bridgehead atoms. The molecule has 1 amide bonds. The molecule has 1 unspecified atom stereocenters. The molecule has 1 N–H and O–H groups in total. The first-order valence-corrected chi connectivity index (χ1v) is 9.73. The summed E-state index contributed by atoms with van der Waals surface area (Å²) >= 11 is 0. The predicted molar refractivity (Wildman–Crippen MR) is 114 cm³/mol. The molecule has 0 spiro atoms. The summed E-state index contributed by atoms with van der Waals surface area (Å²) in [5.41, 5.74) is 2.00. The number of carboxylic acids is 1. The van der Waals surface area contributed by atoms with Gasteiger partial charge in [-0.25, -0.2) is 9.78 Å². The first kappa shape index (κ1) is 20.4. The number of amides is 1. The van der Waals surface area contributed by atoms with Crippen LogP contribution >= 0.6 is 0 Å². The number of aliphatic carboxylic acids is 1. The van der Waals surface area contributed by atoms with E-state index in [4.69, 9.17) is 4.74 Å². The van der Waals surface area contributed by atoms with E-state index in [2.05, 4.69) is 15.0 Å². The number of carboxylic acid groups (broad SMARTS) is 1. The Morgan fingerprint density at radius 2 is 1.71 bits per heavy atom. The molecule has 4 rings (SSSR count). The van der Waals surface area contributed by atoms with Crippen LogP contribution in [0.5, 0.6) is 5.75 Å². The molecule has 0 aliphatic carbocycles. The minimum atomic E-state index is -0.964. The molecule has 1 aromatic heterocycles. The van der Waals surface area contributed by atoms with Gasteiger partial charge in [-0.3, -0.25) is 0 Å². The predicted octanol–water partition coefficient (Wildman–Crippen LogP) is 2.65. The fourth-order valence-electron chi connectivity index (χ4n) is 3.43. The minimum absolute atomic E-state index is 0.147. The van der Waals surface area contributed by atoms with E-state index in [-0.39, 0.29) is 11.9 Å². The Morgan fingerprint density at radius 3 is 2.42 bits per heavy atom. The standard InChI is InChI=1S/C22H21N5O4/c1-27(2,22(30)31-17-10-4-3-5-11-17)21-24-14-23-20(25-21)26-13-16-9-7-6-8-15(16)12-18(26)19(28)29/h3-11,14,18H,12-13H2,1-2H3/p+1. The second kappa shape index (κ2) is 8.11. The van der Waals surface area contributed by atoms with Gasteiger partial charge in [0.25, 0.3) is 0 Å². The number of hydrogen-bond acceptors (Lipinski definition) is 7. The van der Waals surface area contributed by atoms with Crippen LogP contribution in [0.2, 0.25) is 0 Å². The molecule has 2 heterocycles. The smallest absolute Gasteiger partial charge is 0.480 e. The van der Waals surface area contributed by atoms with Crippen molar-refractivity contribution in [2.45, 2.75) is 19.0 Å². The van der Waals surface area contributed by atoms with E-state index in [9.17, 15) is 14.7 Å². The Morgan fingerprint density at radius 1 is 1.03 bits per heavy atom. The third-order valence-electron chi connectivity index (χ3n) is 5.24. The molecular formula is C22H22N5O4+. The van der Waals surface area contributed by atoms with Gasteiger partial charge in [0.15, 0.2) is 0 Å². The molecule has 9 heteroatoms. The first-order chi connectivity index (χ1) is 14.9. The van der Waals surface area contributed by atoms with Crippen LogP contribution in [0.25, 0.3) is 0 Å². The Kier molecular flexibility index (Phi) is 5.35. The molecule has 0 saturated heterocycles. The summed E-state index contributed by atoms with van der Waals surface area (Å²) in [5, 5.41) is 9.79. The van der Waals surface area contributed by atoms with E-state index in [1.54, 1.807) is 43.3 Å². The van der Waals surface area contributed by atoms with Crippen LogP contribution in [0.15, 0.2) is 60.9 Å². The number of quaternary nitrogens is 1. The highest BCUT2D eigenvalue weighted by atomic mass is 16.6. The maximum absolute atomic E-state index is 12.8. The van der Waals surface area contributed by atoms with Gasteiger partial charge in [-0.1, -0.05) is 42.5 Å². The SMILES string of the molecule is C[N+](C)(C(=O)Oc1ccccc1)c1ncnc(N2Cc3ccccc3CC2C(=O)O)n1. The van der Waals surface area contributed by atoms with Crippen molar-refractivity contribution in [3.63, 3.8) is 0 Å². The van der Waals surface area contributed by atoms with E-state index in [1.165, 1.54) is 6.33 Å². The highest BCUT2D eigenvalue weighted by molar-refractivity contribution is 5.82. The zero-order chi connectivity index (χ0) is 22.0. The zero-order valence-electron chi connectivity index (χ0n) is 17.2. The lowest BCUT2D eigenvalue weighted by molar-refractivity contribution is -0.138. The normalized spacial score (nSPS) is 15.8. The van der Waals surface area contributed by atoms with Crippen LogP contribution in [-0.4, -0.2) is 52.3 Å². The number of rotatable bonds is 4. The Labute approximate surface area is 179 Å². The van der Waals surface area contributed by atoms with Crippen LogP contribution < -0.4 is 14.1 Å². The molecule has 9 nitrogen and oxygen atoms in total. The fraction of sp³-hybridized carbons (Fsp3) is 0.227. The lowest BCUT2D eigenvalue weighted by Crippen LogP contribution is -2.50. The second-order valence-corrected chi connectivity index (χ2v) is 7.67. The number of aromatic nitrogens is 3. The van der Waals surface area contributed by atoms with Gasteiger partial charge in [-0.2, -0.15) is 14.3 Å². The molecular weight excluding hydrogens is 398 g/mol. The summed E-state index contributed by atoms with van der Waals surface area (Å²) in [7, 11) is 3.20. The molecule has 0 radical (unpaired) electrons. The third-order valence-corrected chi connectivity index (χ3v) is 5.24. The number of fused-ring (bicyclic) bond motifs is 1. The van der Waals surface area contributed by atoms with Crippen LogP contribution in [-0.2, 0) is 17.8 Å². The maximum atomic E-state index is 12.8. The van der Waals surface area contributed by atoms with Crippen molar-refractivity contribution in [1.29, 1.82) is 0 Å². The fourth-order valence-corrected chi connectivity index (χ4v) is 3.43. The van der Waals surface area contributed by atoms with Crippen molar-refractivity contribution < 1.29 is 19.4 Å². The van der Waals surface area contributed by atoms with Crippen LogP contribution in [0.4, 0.5) is 16.7 Å². The highest BCUT2D eigenvalue weighted by Crippen LogP contribution is 2.28. The minimum Gasteiger partial charge on any atom is -0.480 e. The molecule has 1 atom stereocenters. The van der Waals surface area contributed by atoms with E-state index in [0.717, 1.165) is 11.1 Å². The molecule has 31 heavy (non-hydrogen) atoms. The molecule has 1 aliphatic rings. The van der Waals surface area contributed by atoms with Crippen molar-refractivity contribution >= 4 is 24.0 Å². The summed E-state index contributed by atoms with van der Waals surface area (Å²) in [5.74, 6) is -0.209. The van der Waals surface area contributed by atoms with Gasteiger partial charge in [-0.15, -0.1) is 4.98 Å². The number of ether oxygens (including phenoxy) is 1. The highest BCUT2D eigenvalue weighted by Gasteiger charge is 2.38. The van der Waals surface area contributed by atoms with Gasteiger partial charge in [0.2, 0.25) is 5.95 Å². The molecule has 2 aromatic carbocycles. The zero-order valence-corrected chi connectivity index (χ0v) is 17.2. The summed E-state index contributed by atoms with van der Waals surface area (Å²) in [4.78, 5) is 39.2. The second-order valence-electron chi connectivity index (χ2n) is 7.67. The monoisotopic (exact) mass is 420 g/mol. The number of anilines is 1. The number of carbonyl (C=O) groups excluding carboxylic acids is 1. The number of hydrogen-bond donors (Lipinski definition) is 1. The largest absolute Gasteiger partial charge is 0.528 e. The lowest BCUT2D eigenvalue weighted by atomic mass is 9.94. The van der Waals surface area contributed by atoms with Crippen molar-refractivity contribution in [2.75, 3.05) is 19.0 Å². The number of para-hydroxylation sites is 1. The molecule has 0 saturated carbocycles. The molecule has 0 fully saturated rings. The lowest BCUT2D eigenvalue weighted by Gasteiger charge is -2.34. The van der Waals surface area contributed by atoms with Gasteiger partial charge in [0.05, 0.1) is 14.1 Å². The Balaban J connectivity index is 1.64. The maximum Gasteiger partial charge on any atom is 0.528 e. The number of carbonyl (C=O) groups is 2. The summed E-state index contributed by atoms with van der Waals surface area (Å²) in [6.45, 7) is 0.346. The van der Waals surface area contributed by atoms with Gasteiger partial charge < -0.3 is 14.7 Å². The van der Waals surface area contributed by atoms with Crippen LogP contribution in [0.1, 0.15) is 11.1 Å². The van der Waals surface area contributed by atoms with E-state index in [1.807, 2.05) is 30.3 Å². The Bertz CT molecular complexity index is 1120. The van der Waals surface area contributed by atoms with Gasteiger partial charge >= 0.3 is 18.0 Å². The van der Waals surface area contributed by atoms with E-state index in [0.29, 0.717) is 18.7 Å². The van der Waals surface area contributed by atoms with Crippen molar-refractivity contribution in [3.05, 3.63) is 72.1 Å². The molecule has 158 valence electrons. The third kappa shape index (κ3) is 4.08. The average Bonchev–Trinajstić information content (AvgIpc) is 2.79. The van der Waals surface area contributed by atoms with E-state index >= 15 is 0 Å². The quantitative estimate of drug-likeness (QED) is 0.642. The average molecular weight is 420 g/mol. The summed E-state index contributed by atoms with van der Waals surface area (Å²) in [6.07, 6.45) is 1.04. The van der Waals surface area contributed by atoms with E-state index < -0.39 is 22.6 Å². The van der Waals surface area contributed by atoms with Gasteiger partial charge in [0, 0.05) is 13.0 Å². The van der Waals surface area contributed by atoms with Gasteiger partial charge in [0.1, 0.15) is 18.1 Å².